The van der Waals surface area contributed by atoms with E-state index in [2.05, 4.69) is 4.90 Å². The van der Waals surface area contributed by atoms with Crippen LogP contribution in [-0.4, -0.2) is 50.6 Å². The maximum atomic E-state index is 12.9. The molecule has 9 heteroatoms. The van der Waals surface area contributed by atoms with Gasteiger partial charge in [0.25, 0.3) is 0 Å². The summed E-state index contributed by atoms with van der Waals surface area (Å²) in [4.78, 5) is 13.2. The second-order valence-electron chi connectivity index (χ2n) is 8.06. The second-order valence-corrected chi connectivity index (χ2v) is 10.5. The van der Waals surface area contributed by atoms with Gasteiger partial charge >= 0.3 is 5.97 Å². The van der Waals surface area contributed by atoms with Crippen molar-refractivity contribution >= 4 is 39.8 Å². The molecular weight excluding hydrogens is 461 g/mol. The highest BCUT2D eigenvalue weighted by atomic mass is 35.5. The Kier molecular flexibility index (Phi) is 7.21. The Morgan fingerprint density at radius 1 is 1.16 bits per heavy atom. The molecule has 0 bridgehead atoms. The molecule has 2 aromatic rings. The number of ether oxygens (including phenoxy) is 1. The molecule has 1 saturated heterocycles. The molecule has 1 spiro atoms. The van der Waals surface area contributed by atoms with Crippen LogP contribution < -0.4 is 4.74 Å². The zero-order chi connectivity index (χ0) is 21.4. The zero-order valence-corrected chi connectivity index (χ0v) is 19.3. The van der Waals surface area contributed by atoms with E-state index in [0.29, 0.717) is 29.5 Å². The zero-order valence-electron chi connectivity index (χ0n) is 16.9. The lowest BCUT2D eigenvalue weighted by Crippen LogP contribution is -2.44. The average molecular weight is 486 g/mol. The number of carbonyl (C=O) groups is 1. The molecule has 0 saturated carbocycles. The molecule has 0 aromatic heterocycles. The number of hydrogen-bond donors (Lipinski definition) is 1. The van der Waals surface area contributed by atoms with E-state index < -0.39 is 15.8 Å². The summed E-state index contributed by atoms with van der Waals surface area (Å²) in [6, 6.07) is 12.1. The van der Waals surface area contributed by atoms with Crippen molar-refractivity contribution in [2.24, 2.45) is 0 Å². The molecule has 0 unspecified atom stereocenters. The minimum absolute atomic E-state index is 0. The molecular formula is C22H25Cl2NO5S. The summed E-state index contributed by atoms with van der Waals surface area (Å²) < 4.78 is 31.8. The smallest absolute Gasteiger partial charge is 0.304 e. The van der Waals surface area contributed by atoms with Crippen molar-refractivity contribution in [1.29, 1.82) is 0 Å². The number of carboxylic acids is 1. The van der Waals surface area contributed by atoms with E-state index in [1.807, 2.05) is 6.07 Å². The lowest BCUT2D eigenvalue weighted by Gasteiger charge is -2.38. The molecule has 2 heterocycles. The van der Waals surface area contributed by atoms with E-state index in [0.717, 1.165) is 31.5 Å². The highest BCUT2D eigenvalue weighted by Gasteiger charge is 2.43. The summed E-state index contributed by atoms with van der Waals surface area (Å²) in [5.74, 6) is -0.306. The summed E-state index contributed by atoms with van der Waals surface area (Å²) in [5, 5.41) is 9.31. The van der Waals surface area contributed by atoms with Crippen molar-refractivity contribution in [3.63, 3.8) is 0 Å². The number of piperidine rings is 1. The van der Waals surface area contributed by atoms with Crippen LogP contribution in [0.2, 0.25) is 5.02 Å². The van der Waals surface area contributed by atoms with E-state index in [1.165, 1.54) is 0 Å². The number of benzene rings is 2. The quantitative estimate of drug-likeness (QED) is 0.666. The number of likely N-dealkylation sites (tertiary alicyclic amines) is 1. The molecule has 0 amide bonds. The fourth-order valence-corrected chi connectivity index (χ4v) is 5.99. The van der Waals surface area contributed by atoms with Gasteiger partial charge < -0.3 is 14.7 Å². The molecule has 0 atom stereocenters. The first-order valence-electron chi connectivity index (χ1n) is 9.97. The largest absolute Gasteiger partial charge is 0.492 e. The van der Waals surface area contributed by atoms with E-state index in [1.54, 1.807) is 36.4 Å². The number of aliphatic carboxylic acids is 1. The molecule has 1 N–H and O–H groups in total. The average Bonchev–Trinajstić information content (AvgIpc) is 3.07. The molecule has 2 aliphatic rings. The van der Waals surface area contributed by atoms with Crippen molar-refractivity contribution in [1.82, 2.24) is 4.90 Å². The molecule has 1 fully saturated rings. The second kappa shape index (κ2) is 9.36. The van der Waals surface area contributed by atoms with Crippen molar-refractivity contribution in [2.45, 2.75) is 35.3 Å². The Labute approximate surface area is 193 Å². The van der Waals surface area contributed by atoms with Gasteiger partial charge in [0.05, 0.1) is 23.7 Å². The Morgan fingerprint density at radius 3 is 2.55 bits per heavy atom. The lowest BCUT2D eigenvalue weighted by atomic mass is 9.74. The SMILES string of the molecule is Cl.O=C(O)CCN1CCC2(CC1)COc1cc(S(=O)(=O)Cc3ccccc3Cl)ccc12. The van der Waals surface area contributed by atoms with Crippen LogP contribution in [-0.2, 0) is 25.8 Å². The Hall–Kier alpha value is -1.80. The Balaban J connectivity index is 0.00000272. The van der Waals surface area contributed by atoms with E-state index >= 15 is 0 Å². The normalized spacial score (nSPS) is 17.6. The topological polar surface area (TPSA) is 83.9 Å². The van der Waals surface area contributed by atoms with Crippen LogP contribution in [0.25, 0.3) is 0 Å². The first kappa shape index (κ1) is 23.9. The summed E-state index contributed by atoms with van der Waals surface area (Å²) >= 11 is 6.13. The number of nitrogens with zero attached hydrogens (tertiary/aromatic N) is 1. The Bertz CT molecular complexity index is 1070. The predicted octanol–water partition coefficient (Wildman–Crippen LogP) is 3.94. The maximum absolute atomic E-state index is 12.9. The molecule has 2 aliphatic heterocycles. The van der Waals surface area contributed by atoms with Gasteiger partial charge in [0.2, 0.25) is 0 Å². The molecule has 0 aliphatic carbocycles. The van der Waals surface area contributed by atoms with Crippen LogP contribution in [0, 0.1) is 0 Å². The third kappa shape index (κ3) is 5.00. The van der Waals surface area contributed by atoms with Crippen molar-refractivity contribution in [3.8, 4) is 5.75 Å². The third-order valence-electron chi connectivity index (χ3n) is 6.15. The Morgan fingerprint density at radius 2 is 1.87 bits per heavy atom. The van der Waals surface area contributed by atoms with Gasteiger partial charge in [-0.05, 0) is 49.7 Å². The predicted molar refractivity (Wildman–Crippen MR) is 121 cm³/mol. The van der Waals surface area contributed by atoms with Crippen molar-refractivity contribution < 1.29 is 23.1 Å². The van der Waals surface area contributed by atoms with E-state index in [4.69, 9.17) is 21.4 Å². The summed E-state index contributed by atoms with van der Waals surface area (Å²) in [6.07, 6.45) is 1.88. The van der Waals surface area contributed by atoms with Crippen LogP contribution >= 0.6 is 24.0 Å². The van der Waals surface area contributed by atoms with Gasteiger partial charge in [0.1, 0.15) is 5.75 Å². The minimum Gasteiger partial charge on any atom is -0.492 e. The number of sulfone groups is 1. The van der Waals surface area contributed by atoms with Crippen LogP contribution in [0.5, 0.6) is 5.75 Å². The molecule has 31 heavy (non-hydrogen) atoms. The fraction of sp³-hybridized carbons (Fsp3) is 0.409. The number of rotatable bonds is 6. The molecule has 0 radical (unpaired) electrons. The number of carboxylic acid groups (broad SMARTS) is 1. The van der Waals surface area contributed by atoms with Gasteiger partial charge in [-0.3, -0.25) is 4.79 Å². The maximum Gasteiger partial charge on any atom is 0.304 e. The van der Waals surface area contributed by atoms with Crippen LogP contribution in [0.15, 0.2) is 47.4 Å². The standard InChI is InChI=1S/C22H24ClNO5S.ClH/c23-19-4-2-1-3-16(19)14-30(27,28)17-5-6-18-20(13-17)29-15-22(18)8-11-24(12-9-22)10-7-21(25)26;/h1-6,13H,7-12,14-15H2,(H,25,26);1H. The fourth-order valence-electron chi connectivity index (χ4n) is 4.32. The van der Waals surface area contributed by atoms with Gasteiger partial charge in [-0.1, -0.05) is 35.9 Å². The highest BCUT2D eigenvalue weighted by Crippen LogP contribution is 2.46. The van der Waals surface area contributed by atoms with Crippen molar-refractivity contribution in [3.05, 3.63) is 58.6 Å². The summed E-state index contributed by atoms with van der Waals surface area (Å²) in [5.41, 5.74) is 1.50. The molecule has 6 nitrogen and oxygen atoms in total. The first-order valence-corrected chi connectivity index (χ1v) is 12.0. The minimum atomic E-state index is -3.55. The van der Waals surface area contributed by atoms with Gasteiger partial charge in [0, 0.05) is 22.5 Å². The van der Waals surface area contributed by atoms with Crippen LogP contribution in [0.1, 0.15) is 30.4 Å². The van der Waals surface area contributed by atoms with Crippen LogP contribution in [0.4, 0.5) is 0 Å². The molecule has 2 aromatic carbocycles. The summed E-state index contributed by atoms with van der Waals surface area (Å²) in [6.45, 7) is 2.70. The number of hydrogen-bond acceptors (Lipinski definition) is 5. The van der Waals surface area contributed by atoms with E-state index in [9.17, 15) is 13.2 Å². The molecule has 4 rings (SSSR count). The van der Waals surface area contributed by atoms with E-state index in [-0.39, 0.29) is 34.9 Å². The van der Waals surface area contributed by atoms with Gasteiger partial charge in [-0.25, -0.2) is 8.42 Å². The van der Waals surface area contributed by atoms with Crippen LogP contribution in [0.3, 0.4) is 0 Å². The first-order chi connectivity index (χ1) is 14.3. The highest BCUT2D eigenvalue weighted by molar-refractivity contribution is 7.90. The lowest BCUT2D eigenvalue weighted by molar-refractivity contribution is -0.137. The molecule has 168 valence electrons. The number of fused-ring (bicyclic) bond motifs is 2. The van der Waals surface area contributed by atoms with Gasteiger partial charge in [-0.2, -0.15) is 0 Å². The third-order valence-corrected chi connectivity index (χ3v) is 8.18. The number of halogens is 2. The summed E-state index contributed by atoms with van der Waals surface area (Å²) in [7, 11) is -3.55. The van der Waals surface area contributed by atoms with Gasteiger partial charge in [-0.15, -0.1) is 12.4 Å². The van der Waals surface area contributed by atoms with Crippen molar-refractivity contribution in [2.75, 3.05) is 26.2 Å². The van der Waals surface area contributed by atoms with Gasteiger partial charge in [0.15, 0.2) is 9.84 Å². The monoisotopic (exact) mass is 485 g/mol.